The van der Waals surface area contributed by atoms with Gasteiger partial charge in [-0.2, -0.15) is 11.3 Å². The van der Waals surface area contributed by atoms with Crippen LogP contribution in [0.25, 0.3) is 0 Å². The molecule has 0 amide bonds. The Morgan fingerprint density at radius 2 is 2.04 bits per heavy atom. The fraction of sp³-hybridized carbons (Fsp3) is 0.400. The zero-order valence-corrected chi connectivity index (χ0v) is 15.2. The highest BCUT2D eigenvalue weighted by atomic mass is 32.1. The maximum Gasteiger partial charge on any atom is 0.120 e. The first-order chi connectivity index (χ1) is 11.6. The van der Waals surface area contributed by atoms with Crippen molar-refractivity contribution in [1.82, 2.24) is 9.80 Å². The van der Waals surface area contributed by atoms with Crippen molar-refractivity contribution in [3.05, 3.63) is 64.9 Å². The molecule has 3 nitrogen and oxygen atoms in total. The van der Waals surface area contributed by atoms with E-state index in [1.165, 1.54) is 5.56 Å². The second-order valence-electron chi connectivity index (χ2n) is 6.66. The Morgan fingerprint density at radius 1 is 1.25 bits per heavy atom. The van der Waals surface area contributed by atoms with Crippen LogP contribution in [0.4, 0.5) is 0 Å². The Morgan fingerprint density at radius 3 is 2.71 bits per heavy atom. The van der Waals surface area contributed by atoms with Crippen LogP contribution in [0.15, 0.2) is 53.7 Å². The highest BCUT2D eigenvalue weighted by Crippen LogP contribution is 2.37. The van der Waals surface area contributed by atoms with Gasteiger partial charge >= 0.3 is 0 Å². The van der Waals surface area contributed by atoms with E-state index in [9.17, 15) is 5.11 Å². The number of nitrogens with zero attached hydrogens (tertiary/aromatic N) is 2. The molecule has 3 atom stereocenters. The fourth-order valence-corrected chi connectivity index (χ4v) is 4.38. The summed E-state index contributed by atoms with van der Waals surface area (Å²) in [5.74, 6) is 0.377. The fourth-order valence-electron chi connectivity index (χ4n) is 3.70. The van der Waals surface area contributed by atoms with Crippen molar-refractivity contribution in [1.29, 1.82) is 0 Å². The Hall–Kier alpha value is -1.62. The minimum Gasteiger partial charge on any atom is -0.508 e. The molecule has 1 aliphatic rings. The summed E-state index contributed by atoms with van der Waals surface area (Å²) in [6.45, 7) is 11.4. The topological polar surface area (TPSA) is 26.7 Å². The maximum absolute atomic E-state index is 10.5. The van der Waals surface area contributed by atoms with Gasteiger partial charge in [0.25, 0.3) is 0 Å². The first-order valence-corrected chi connectivity index (χ1v) is 9.46. The Kier molecular flexibility index (Phi) is 5.39. The van der Waals surface area contributed by atoms with E-state index in [-0.39, 0.29) is 6.04 Å². The molecule has 1 aromatic heterocycles. The lowest BCUT2D eigenvalue weighted by Gasteiger charge is -2.47. The van der Waals surface area contributed by atoms with Gasteiger partial charge in [0.1, 0.15) is 5.75 Å². The maximum atomic E-state index is 10.5. The molecule has 0 unspecified atom stereocenters. The summed E-state index contributed by atoms with van der Waals surface area (Å²) in [7, 11) is 0. The predicted molar refractivity (Wildman–Crippen MR) is 102 cm³/mol. The minimum atomic E-state index is 0.0979. The van der Waals surface area contributed by atoms with Crippen LogP contribution in [0, 0.1) is 0 Å². The second-order valence-corrected chi connectivity index (χ2v) is 7.44. The summed E-state index contributed by atoms with van der Waals surface area (Å²) in [6.07, 6.45) is 1.98. The molecular weight excluding hydrogens is 316 g/mol. The third-order valence-electron chi connectivity index (χ3n) is 4.95. The molecule has 1 aliphatic heterocycles. The summed E-state index contributed by atoms with van der Waals surface area (Å²) in [4.78, 5) is 5.01. The van der Waals surface area contributed by atoms with Crippen molar-refractivity contribution < 1.29 is 5.11 Å². The molecule has 0 saturated carbocycles. The first-order valence-electron chi connectivity index (χ1n) is 8.52. The summed E-state index contributed by atoms with van der Waals surface area (Å²) in [5.41, 5.74) is 2.25. The van der Waals surface area contributed by atoms with Crippen molar-refractivity contribution in [2.24, 2.45) is 0 Å². The zero-order chi connectivity index (χ0) is 17.1. The number of rotatable bonds is 5. The summed E-state index contributed by atoms with van der Waals surface area (Å²) < 4.78 is 0. The van der Waals surface area contributed by atoms with Crippen molar-refractivity contribution in [3.8, 4) is 5.75 Å². The van der Waals surface area contributed by atoms with Crippen LogP contribution in [-0.4, -0.2) is 46.6 Å². The van der Waals surface area contributed by atoms with Crippen molar-refractivity contribution >= 4 is 11.3 Å². The number of benzene rings is 1. The van der Waals surface area contributed by atoms with Gasteiger partial charge in [0, 0.05) is 37.3 Å². The molecule has 2 aromatic rings. The third-order valence-corrected chi connectivity index (χ3v) is 5.65. The number of piperazine rings is 1. The normalized spacial score (nSPS) is 23.9. The highest BCUT2D eigenvalue weighted by molar-refractivity contribution is 7.08. The number of hydrogen-bond donors (Lipinski definition) is 1. The van der Waals surface area contributed by atoms with E-state index in [4.69, 9.17) is 0 Å². The molecule has 0 radical (unpaired) electrons. The van der Waals surface area contributed by atoms with Gasteiger partial charge in [-0.05, 0) is 42.3 Å². The average Bonchev–Trinajstić information content (AvgIpc) is 3.08. The Labute approximate surface area is 148 Å². The molecule has 24 heavy (non-hydrogen) atoms. The van der Waals surface area contributed by atoms with Gasteiger partial charge in [-0.25, -0.2) is 0 Å². The first kappa shape index (κ1) is 17.2. The smallest absolute Gasteiger partial charge is 0.120 e. The van der Waals surface area contributed by atoms with E-state index >= 15 is 0 Å². The van der Waals surface area contributed by atoms with E-state index in [1.807, 2.05) is 24.3 Å². The molecule has 1 aromatic carbocycles. The number of thiophene rings is 1. The molecule has 1 saturated heterocycles. The summed E-state index contributed by atoms with van der Waals surface area (Å²) in [5, 5.41) is 14.8. The molecule has 0 spiro atoms. The highest BCUT2D eigenvalue weighted by Gasteiger charge is 2.35. The van der Waals surface area contributed by atoms with Crippen LogP contribution < -0.4 is 0 Å². The van der Waals surface area contributed by atoms with Gasteiger partial charge in [0.05, 0.1) is 6.04 Å². The molecule has 2 heterocycles. The zero-order valence-electron chi connectivity index (χ0n) is 14.4. The molecule has 4 heteroatoms. The standard InChI is InChI=1S/C20H26N2OS/c1-4-10-21-12-16(3)22(13-15(21)2)20(17-9-11-24-14-17)18-7-5-6-8-19(18)23/h4-9,11,14-16,20,23H,1,10,12-13H2,2-3H3/t15-,16+,20+/m1/s1. The Balaban J connectivity index is 1.95. The minimum absolute atomic E-state index is 0.0979. The van der Waals surface area contributed by atoms with Crippen LogP contribution in [-0.2, 0) is 0 Å². The Bertz CT molecular complexity index is 670. The quantitative estimate of drug-likeness (QED) is 0.828. The largest absolute Gasteiger partial charge is 0.508 e. The number of aromatic hydroxyl groups is 1. The molecule has 3 rings (SSSR count). The number of phenolic OH excluding ortho intramolecular Hbond substituents is 1. The molecule has 1 N–H and O–H groups in total. The van der Waals surface area contributed by atoms with Crippen LogP contribution in [0.3, 0.4) is 0 Å². The molecule has 1 fully saturated rings. The van der Waals surface area contributed by atoms with Gasteiger partial charge in [-0.1, -0.05) is 24.3 Å². The second kappa shape index (κ2) is 7.51. The summed E-state index contributed by atoms with van der Waals surface area (Å²) in [6, 6.07) is 10.9. The lowest BCUT2D eigenvalue weighted by Crippen LogP contribution is -2.57. The van der Waals surface area contributed by atoms with Gasteiger partial charge in [-0.15, -0.1) is 6.58 Å². The van der Waals surface area contributed by atoms with Gasteiger partial charge in [0.2, 0.25) is 0 Å². The third kappa shape index (κ3) is 3.41. The van der Waals surface area contributed by atoms with Crippen LogP contribution in [0.1, 0.15) is 31.0 Å². The van der Waals surface area contributed by atoms with Crippen LogP contribution >= 0.6 is 11.3 Å². The van der Waals surface area contributed by atoms with Crippen molar-refractivity contribution in [2.45, 2.75) is 32.0 Å². The van der Waals surface area contributed by atoms with Crippen LogP contribution in [0.2, 0.25) is 0 Å². The lowest BCUT2D eigenvalue weighted by molar-refractivity contribution is 0.0302. The molecule has 0 bridgehead atoms. The lowest BCUT2D eigenvalue weighted by atomic mass is 9.94. The SMILES string of the molecule is C=CCN1C[C@H](C)N([C@@H](c2ccsc2)c2ccccc2O)C[C@H]1C. The summed E-state index contributed by atoms with van der Waals surface area (Å²) >= 11 is 1.71. The average molecular weight is 343 g/mol. The number of hydrogen-bond acceptors (Lipinski definition) is 4. The van der Waals surface area contributed by atoms with Crippen molar-refractivity contribution in [3.63, 3.8) is 0 Å². The number of phenols is 1. The predicted octanol–water partition coefficient (Wildman–Crippen LogP) is 4.12. The van der Waals surface area contributed by atoms with Gasteiger partial charge < -0.3 is 5.11 Å². The van der Waals surface area contributed by atoms with E-state index in [2.05, 4.69) is 47.1 Å². The van der Waals surface area contributed by atoms with E-state index in [0.717, 1.165) is 25.2 Å². The molecular formula is C20H26N2OS. The van der Waals surface area contributed by atoms with E-state index in [1.54, 1.807) is 17.4 Å². The van der Waals surface area contributed by atoms with Crippen LogP contribution in [0.5, 0.6) is 5.75 Å². The van der Waals surface area contributed by atoms with Crippen molar-refractivity contribution in [2.75, 3.05) is 19.6 Å². The molecule has 128 valence electrons. The number of para-hydroxylation sites is 1. The molecule has 0 aliphatic carbocycles. The monoisotopic (exact) mass is 342 g/mol. The van der Waals surface area contributed by atoms with E-state index < -0.39 is 0 Å². The van der Waals surface area contributed by atoms with Gasteiger partial charge in [0.15, 0.2) is 0 Å². The van der Waals surface area contributed by atoms with Gasteiger partial charge in [-0.3, -0.25) is 9.80 Å². The van der Waals surface area contributed by atoms with E-state index in [0.29, 0.717) is 17.8 Å².